The highest BCUT2D eigenvalue weighted by atomic mass is 16.3. The van der Waals surface area contributed by atoms with E-state index in [1.165, 1.54) is 12.8 Å². The van der Waals surface area contributed by atoms with Crippen LogP contribution in [0.15, 0.2) is 0 Å². The Morgan fingerprint density at radius 3 is 2.88 bits per heavy atom. The standard InChI is InChI=1S/C13H24N2O2/c1-2-10-4-3-6-15(7-5-10)13(17)12-8-11(16)9-14-12/h10-12,14,16H,2-9H2,1H3. The summed E-state index contributed by atoms with van der Waals surface area (Å²) in [6.07, 6.45) is 4.96. The third-order valence-electron chi connectivity index (χ3n) is 4.14. The zero-order valence-electron chi connectivity index (χ0n) is 10.7. The molecule has 4 heteroatoms. The Balaban J connectivity index is 1.87. The van der Waals surface area contributed by atoms with Crippen molar-refractivity contribution in [2.75, 3.05) is 19.6 Å². The van der Waals surface area contributed by atoms with Gasteiger partial charge in [-0.1, -0.05) is 13.3 Å². The average molecular weight is 240 g/mol. The number of rotatable bonds is 2. The van der Waals surface area contributed by atoms with Crippen molar-refractivity contribution in [3.63, 3.8) is 0 Å². The zero-order valence-corrected chi connectivity index (χ0v) is 10.7. The minimum absolute atomic E-state index is 0.150. The van der Waals surface area contributed by atoms with Gasteiger partial charge in [-0.25, -0.2) is 0 Å². The van der Waals surface area contributed by atoms with Gasteiger partial charge in [0.2, 0.25) is 5.91 Å². The fraction of sp³-hybridized carbons (Fsp3) is 0.923. The van der Waals surface area contributed by atoms with Crippen LogP contribution in [0.3, 0.4) is 0 Å². The van der Waals surface area contributed by atoms with Gasteiger partial charge in [-0.3, -0.25) is 4.79 Å². The highest BCUT2D eigenvalue weighted by Gasteiger charge is 2.31. The van der Waals surface area contributed by atoms with Crippen molar-refractivity contribution in [1.82, 2.24) is 10.2 Å². The number of aliphatic hydroxyl groups excluding tert-OH is 1. The summed E-state index contributed by atoms with van der Waals surface area (Å²) < 4.78 is 0. The molecule has 3 unspecified atom stereocenters. The molecule has 2 heterocycles. The van der Waals surface area contributed by atoms with Crippen LogP contribution >= 0.6 is 0 Å². The van der Waals surface area contributed by atoms with Crippen LogP contribution in [0.5, 0.6) is 0 Å². The summed E-state index contributed by atoms with van der Waals surface area (Å²) in [6, 6.07) is -0.150. The molecule has 0 aliphatic carbocycles. The summed E-state index contributed by atoms with van der Waals surface area (Å²) in [5, 5.41) is 12.6. The van der Waals surface area contributed by atoms with Gasteiger partial charge in [0.15, 0.2) is 0 Å². The van der Waals surface area contributed by atoms with E-state index in [-0.39, 0.29) is 18.1 Å². The number of amides is 1. The molecule has 2 aliphatic rings. The summed E-state index contributed by atoms with van der Waals surface area (Å²) in [5.41, 5.74) is 0. The lowest BCUT2D eigenvalue weighted by Gasteiger charge is -2.24. The van der Waals surface area contributed by atoms with Crippen LogP contribution < -0.4 is 5.32 Å². The van der Waals surface area contributed by atoms with Crippen LogP contribution in [0.2, 0.25) is 0 Å². The van der Waals surface area contributed by atoms with E-state index >= 15 is 0 Å². The van der Waals surface area contributed by atoms with Crippen molar-refractivity contribution in [3.8, 4) is 0 Å². The SMILES string of the molecule is CCC1CCCN(C(=O)C2CC(O)CN2)CC1. The van der Waals surface area contributed by atoms with E-state index in [9.17, 15) is 9.90 Å². The maximum absolute atomic E-state index is 12.2. The van der Waals surface area contributed by atoms with E-state index < -0.39 is 0 Å². The van der Waals surface area contributed by atoms with Crippen LogP contribution in [0.25, 0.3) is 0 Å². The van der Waals surface area contributed by atoms with Gasteiger partial charge in [0.05, 0.1) is 12.1 Å². The molecule has 0 radical (unpaired) electrons. The molecule has 1 amide bonds. The predicted octanol–water partition coefficient (Wildman–Crippen LogP) is 0.748. The summed E-state index contributed by atoms with van der Waals surface area (Å²) in [7, 11) is 0. The van der Waals surface area contributed by atoms with E-state index in [0.717, 1.165) is 31.8 Å². The summed E-state index contributed by atoms with van der Waals surface area (Å²) >= 11 is 0. The molecule has 4 nitrogen and oxygen atoms in total. The lowest BCUT2D eigenvalue weighted by molar-refractivity contribution is -0.133. The van der Waals surface area contributed by atoms with Gasteiger partial charge >= 0.3 is 0 Å². The number of β-amino-alcohol motifs (C(OH)–C–C–N with tert-alkyl or cyclic N) is 1. The van der Waals surface area contributed by atoms with E-state index in [1.54, 1.807) is 0 Å². The maximum atomic E-state index is 12.2. The fourth-order valence-corrected chi connectivity index (χ4v) is 2.92. The minimum Gasteiger partial charge on any atom is -0.392 e. The van der Waals surface area contributed by atoms with E-state index in [0.29, 0.717) is 13.0 Å². The highest BCUT2D eigenvalue weighted by molar-refractivity contribution is 5.82. The largest absolute Gasteiger partial charge is 0.392 e. The molecule has 0 aromatic rings. The molecule has 0 aromatic carbocycles. The quantitative estimate of drug-likeness (QED) is 0.749. The van der Waals surface area contributed by atoms with Crippen LogP contribution in [0.1, 0.15) is 39.0 Å². The van der Waals surface area contributed by atoms with E-state index in [2.05, 4.69) is 12.2 Å². The van der Waals surface area contributed by atoms with Gasteiger partial charge in [0.1, 0.15) is 0 Å². The first-order valence-corrected chi connectivity index (χ1v) is 6.91. The monoisotopic (exact) mass is 240 g/mol. The molecular weight excluding hydrogens is 216 g/mol. The third kappa shape index (κ3) is 3.19. The lowest BCUT2D eigenvalue weighted by Crippen LogP contribution is -2.44. The molecule has 0 spiro atoms. The van der Waals surface area contributed by atoms with Gasteiger partial charge in [0, 0.05) is 19.6 Å². The number of likely N-dealkylation sites (tertiary alicyclic amines) is 1. The van der Waals surface area contributed by atoms with E-state index in [4.69, 9.17) is 0 Å². The number of nitrogens with zero attached hydrogens (tertiary/aromatic N) is 1. The molecule has 17 heavy (non-hydrogen) atoms. The predicted molar refractivity (Wildman–Crippen MR) is 66.6 cm³/mol. The summed E-state index contributed by atoms with van der Waals surface area (Å²) in [5.74, 6) is 0.980. The number of carbonyl (C=O) groups is 1. The molecule has 0 saturated carbocycles. The Bertz CT molecular complexity index is 270. The third-order valence-corrected chi connectivity index (χ3v) is 4.14. The van der Waals surface area contributed by atoms with E-state index in [1.807, 2.05) is 4.90 Å². The van der Waals surface area contributed by atoms with Crippen molar-refractivity contribution < 1.29 is 9.90 Å². The first-order chi connectivity index (χ1) is 8.20. The molecule has 2 aliphatic heterocycles. The topological polar surface area (TPSA) is 52.6 Å². The van der Waals surface area contributed by atoms with Crippen molar-refractivity contribution in [2.45, 2.75) is 51.2 Å². The minimum atomic E-state index is -0.348. The summed E-state index contributed by atoms with van der Waals surface area (Å²) in [4.78, 5) is 14.2. The van der Waals surface area contributed by atoms with Crippen LogP contribution in [0, 0.1) is 5.92 Å². The second kappa shape index (κ2) is 5.83. The van der Waals surface area contributed by atoms with Gasteiger partial charge < -0.3 is 15.3 Å². The molecule has 2 N–H and O–H groups in total. The Morgan fingerprint density at radius 1 is 1.41 bits per heavy atom. The molecule has 2 saturated heterocycles. The molecule has 2 fully saturated rings. The number of hydrogen-bond acceptors (Lipinski definition) is 3. The molecule has 3 atom stereocenters. The fourth-order valence-electron chi connectivity index (χ4n) is 2.92. The molecular formula is C13H24N2O2. The lowest BCUT2D eigenvalue weighted by atomic mass is 9.98. The van der Waals surface area contributed by atoms with Crippen LogP contribution in [-0.4, -0.2) is 47.7 Å². The molecule has 0 bridgehead atoms. The van der Waals surface area contributed by atoms with Crippen LogP contribution in [0.4, 0.5) is 0 Å². The Kier molecular flexibility index (Phi) is 4.40. The molecule has 0 aromatic heterocycles. The van der Waals surface area contributed by atoms with Crippen molar-refractivity contribution in [3.05, 3.63) is 0 Å². The number of aliphatic hydroxyl groups is 1. The number of carbonyl (C=O) groups excluding carboxylic acids is 1. The Morgan fingerprint density at radius 2 is 2.24 bits per heavy atom. The first kappa shape index (κ1) is 12.8. The van der Waals surface area contributed by atoms with Crippen LogP contribution in [-0.2, 0) is 4.79 Å². The van der Waals surface area contributed by atoms with Gasteiger partial charge in [-0.15, -0.1) is 0 Å². The smallest absolute Gasteiger partial charge is 0.239 e. The van der Waals surface area contributed by atoms with Gasteiger partial charge in [0.25, 0.3) is 0 Å². The molecule has 98 valence electrons. The second-order valence-corrected chi connectivity index (χ2v) is 5.38. The highest BCUT2D eigenvalue weighted by Crippen LogP contribution is 2.21. The number of hydrogen-bond donors (Lipinski definition) is 2. The summed E-state index contributed by atoms with van der Waals surface area (Å²) in [6.45, 7) is 4.58. The van der Waals surface area contributed by atoms with Gasteiger partial charge in [-0.05, 0) is 31.6 Å². The normalized spacial score (nSPS) is 34.7. The van der Waals surface area contributed by atoms with Crippen molar-refractivity contribution in [1.29, 1.82) is 0 Å². The van der Waals surface area contributed by atoms with Crippen molar-refractivity contribution in [2.24, 2.45) is 5.92 Å². The Hall–Kier alpha value is -0.610. The first-order valence-electron chi connectivity index (χ1n) is 6.91. The van der Waals surface area contributed by atoms with Gasteiger partial charge in [-0.2, -0.15) is 0 Å². The van der Waals surface area contributed by atoms with Crippen molar-refractivity contribution >= 4 is 5.91 Å². The maximum Gasteiger partial charge on any atom is 0.239 e. The zero-order chi connectivity index (χ0) is 12.3. The average Bonchev–Trinajstić information content (AvgIpc) is 2.64. The Labute approximate surface area is 103 Å². The second-order valence-electron chi connectivity index (χ2n) is 5.38. The number of nitrogens with one attached hydrogen (secondary N) is 1. The molecule has 2 rings (SSSR count).